The van der Waals surface area contributed by atoms with E-state index in [4.69, 9.17) is 21.1 Å². The second-order valence-corrected chi connectivity index (χ2v) is 2.87. The molecule has 4 nitrogen and oxygen atoms in total. The zero-order chi connectivity index (χ0) is 9.84. The van der Waals surface area contributed by atoms with Crippen molar-refractivity contribution < 1.29 is 15.3 Å². The first kappa shape index (κ1) is 9.67. The molecule has 0 fully saturated rings. The van der Waals surface area contributed by atoms with Crippen LogP contribution in [0.15, 0.2) is 12.1 Å². The average molecular weight is 183 g/mol. The topological polar surface area (TPSA) is 86.7 Å². The fourth-order valence-electron chi connectivity index (χ4n) is 1.11. The van der Waals surface area contributed by atoms with E-state index in [2.05, 4.69) is 0 Å². The van der Waals surface area contributed by atoms with Crippen molar-refractivity contribution in [1.82, 2.24) is 0 Å². The summed E-state index contributed by atoms with van der Waals surface area (Å²) in [5, 5.41) is 27.3. The first-order chi connectivity index (χ1) is 6.15. The number of rotatable bonds is 3. The minimum absolute atomic E-state index is 0.299. The Hall–Kier alpha value is -1.42. The highest BCUT2D eigenvalue weighted by atomic mass is 16.3. The summed E-state index contributed by atoms with van der Waals surface area (Å²) >= 11 is 0. The molecule has 0 bridgehead atoms. The van der Waals surface area contributed by atoms with E-state index < -0.39 is 5.75 Å². The van der Waals surface area contributed by atoms with Gasteiger partial charge < -0.3 is 21.1 Å². The SMILES string of the molecule is NCCCc1cc(O)c(O)c(O)c1. The second-order valence-electron chi connectivity index (χ2n) is 2.87. The summed E-state index contributed by atoms with van der Waals surface area (Å²) in [4.78, 5) is 0. The molecule has 72 valence electrons. The van der Waals surface area contributed by atoms with Gasteiger partial charge in [-0.2, -0.15) is 0 Å². The van der Waals surface area contributed by atoms with E-state index in [1.54, 1.807) is 0 Å². The van der Waals surface area contributed by atoms with E-state index >= 15 is 0 Å². The van der Waals surface area contributed by atoms with Gasteiger partial charge in [-0.1, -0.05) is 0 Å². The molecule has 1 aromatic rings. The van der Waals surface area contributed by atoms with E-state index in [1.165, 1.54) is 12.1 Å². The minimum Gasteiger partial charge on any atom is -0.504 e. The van der Waals surface area contributed by atoms with Crippen molar-refractivity contribution >= 4 is 0 Å². The summed E-state index contributed by atoms with van der Waals surface area (Å²) in [6, 6.07) is 2.84. The lowest BCUT2D eigenvalue weighted by Gasteiger charge is -2.04. The first-order valence-electron chi connectivity index (χ1n) is 4.09. The highest BCUT2D eigenvalue weighted by Crippen LogP contribution is 2.35. The molecule has 5 N–H and O–H groups in total. The molecule has 13 heavy (non-hydrogen) atoms. The van der Waals surface area contributed by atoms with Crippen LogP contribution in [0.3, 0.4) is 0 Å². The van der Waals surface area contributed by atoms with Crippen LogP contribution in [0.5, 0.6) is 17.2 Å². The van der Waals surface area contributed by atoms with Gasteiger partial charge in [-0.05, 0) is 37.1 Å². The van der Waals surface area contributed by atoms with Gasteiger partial charge in [-0.25, -0.2) is 0 Å². The van der Waals surface area contributed by atoms with Gasteiger partial charge in [0.1, 0.15) is 0 Å². The Morgan fingerprint density at radius 2 is 1.62 bits per heavy atom. The molecule has 0 saturated carbocycles. The van der Waals surface area contributed by atoms with Crippen molar-refractivity contribution in [2.24, 2.45) is 5.73 Å². The molecular formula is C9H13NO3. The molecular weight excluding hydrogens is 170 g/mol. The Labute approximate surface area is 76.2 Å². The van der Waals surface area contributed by atoms with Crippen molar-refractivity contribution in [2.75, 3.05) is 6.54 Å². The van der Waals surface area contributed by atoms with Gasteiger partial charge in [0.25, 0.3) is 0 Å². The van der Waals surface area contributed by atoms with Gasteiger partial charge in [0, 0.05) is 0 Å². The number of hydrogen-bond acceptors (Lipinski definition) is 4. The van der Waals surface area contributed by atoms with Gasteiger partial charge in [-0.15, -0.1) is 0 Å². The lowest BCUT2D eigenvalue weighted by Crippen LogP contribution is -2.00. The van der Waals surface area contributed by atoms with Gasteiger partial charge in [0.05, 0.1) is 0 Å². The number of benzene rings is 1. The largest absolute Gasteiger partial charge is 0.504 e. The van der Waals surface area contributed by atoms with E-state index in [1.807, 2.05) is 0 Å². The number of phenolic OH excluding ortho intramolecular Hbond substituents is 3. The fourth-order valence-corrected chi connectivity index (χ4v) is 1.11. The zero-order valence-corrected chi connectivity index (χ0v) is 7.20. The Morgan fingerprint density at radius 3 is 2.08 bits per heavy atom. The van der Waals surface area contributed by atoms with Crippen LogP contribution >= 0.6 is 0 Å². The molecule has 0 saturated heterocycles. The number of nitrogens with two attached hydrogens (primary N) is 1. The van der Waals surface area contributed by atoms with E-state index in [0.29, 0.717) is 13.0 Å². The number of phenols is 3. The summed E-state index contributed by atoms with van der Waals surface area (Å²) in [5.41, 5.74) is 6.07. The van der Waals surface area contributed by atoms with Crippen LogP contribution in [0.4, 0.5) is 0 Å². The second kappa shape index (κ2) is 4.00. The van der Waals surface area contributed by atoms with Crippen LogP contribution in [-0.4, -0.2) is 21.9 Å². The van der Waals surface area contributed by atoms with E-state index in [9.17, 15) is 0 Å². The molecule has 0 aromatic heterocycles. The van der Waals surface area contributed by atoms with E-state index in [-0.39, 0.29) is 11.5 Å². The van der Waals surface area contributed by atoms with Crippen LogP contribution in [0.2, 0.25) is 0 Å². The minimum atomic E-state index is -0.475. The summed E-state index contributed by atoms with van der Waals surface area (Å²) in [6.07, 6.45) is 1.46. The van der Waals surface area contributed by atoms with Gasteiger partial charge >= 0.3 is 0 Å². The third-order valence-corrected chi connectivity index (χ3v) is 1.80. The molecule has 0 radical (unpaired) electrons. The maximum atomic E-state index is 9.14. The average Bonchev–Trinajstić information content (AvgIpc) is 2.10. The Balaban J connectivity index is 2.86. The normalized spacial score (nSPS) is 10.2. The molecule has 0 atom stereocenters. The molecule has 0 aliphatic carbocycles. The van der Waals surface area contributed by atoms with Gasteiger partial charge in [0.2, 0.25) is 0 Å². The van der Waals surface area contributed by atoms with Crippen molar-refractivity contribution in [2.45, 2.75) is 12.8 Å². The van der Waals surface area contributed by atoms with Crippen molar-refractivity contribution in [3.8, 4) is 17.2 Å². The monoisotopic (exact) mass is 183 g/mol. The van der Waals surface area contributed by atoms with Crippen molar-refractivity contribution in [3.05, 3.63) is 17.7 Å². The van der Waals surface area contributed by atoms with Crippen LogP contribution in [0.1, 0.15) is 12.0 Å². The maximum Gasteiger partial charge on any atom is 0.200 e. The summed E-state index contributed by atoms with van der Waals surface area (Å²) in [5.74, 6) is -1.07. The van der Waals surface area contributed by atoms with Gasteiger partial charge in [-0.3, -0.25) is 0 Å². The Morgan fingerprint density at radius 1 is 1.08 bits per heavy atom. The van der Waals surface area contributed by atoms with Crippen molar-refractivity contribution in [1.29, 1.82) is 0 Å². The lowest BCUT2D eigenvalue weighted by molar-refractivity contribution is 0.367. The van der Waals surface area contributed by atoms with E-state index in [0.717, 1.165) is 12.0 Å². The van der Waals surface area contributed by atoms with Crippen LogP contribution < -0.4 is 5.73 Å². The first-order valence-corrected chi connectivity index (χ1v) is 4.09. The van der Waals surface area contributed by atoms with Gasteiger partial charge in [0.15, 0.2) is 17.2 Å². The molecule has 0 heterocycles. The third-order valence-electron chi connectivity index (χ3n) is 1.80. The van der Waals surface area contributed by atoms with Crippen LogP contribution in [0.25, 0.3) is 0 Å². The molecule has 0 amide bonds. The highest BCUT2D eigenvalue weighted by Gasteiger charge is 2.07. The predicted molar refractivity (Wildman–Crippen MR) is 48.8 cm³/mol. The standard InChI is InChI=1S/C9H13NO3/c10-3-1-2-6-4-7(11)9(13)8(12)5-6/h4-5,11-13H,1-3,10H2. The quantitative estimate of drug-likeness (QED) is 0.519. The summed E-state index contributed by atoms with van der Waals surface area (Å²) in [7, 11) is 0. The Kier molecular flexibility index (Phi) is 2.97. The molecule has 0 unspecified atom stereocenters. The fraction of sp³-hybridized carbons (Fsp3) is 0.333. The molecule has 1 aromatic carbocycles. The Bertz CT molecular complexity index is 276. The number of aryl methyl sites for hydroxylation is 1. The van der Waals surface area contributed by atoms with Crippen molar-refractivity contribution in [3.63, 3.8) is 0 Å². The third kappa shape index (κ3) is 2.26. The molecule has 0 aliphatic rings. The van der Waals surface area contributed by atoms with Crippen LogP contribution in [-0.2, 0) is 6.42 Å². The molecule has 4 heteroatoms. The lowest BCUT2D eigenvalue weighted by atomic mass is 10.1. The summed E-state index contributed by atoms with van der Waals surface area (Å²) < 4.78 is 0. The maximum absolute atomic E-state index is 9.14. The van der Waals surface area contributed by atoms with Crippen LogP contribution in [0, 0.1) is 0 Å². The smallest absolute Gasteiger partial charge is 0.200 e. The molecule has 0 spiro atoms. The molecule has 1 rings (SSSR count). The molecule has 0 aliphatic heterocycles. The predicted octanol–water partition coefficient (Wildman–Crippen LogP) is 0.695. The summed E-state index contributed by atoms with van der Waals surface area (Å²) in [6.45, 7) is 0.558. The zero-order valence-electron chi connectivity index (χ0n) is 7.20. The highest BCUT2D eigenvalue weighted by molar-refractivity contribution is 5.51. The number of aromatic hydroxyl groups is 3. The number of hydrogen-bond donors (Lipinski definition) is 4.